The number of nitrogens with one attached hydrogen (secondary N) is 2. The molecule has 0 atom stereocenters. The van der Waals surface area contributed by atoms with Crippen LogP contribution in [0.2, 0.25) is 0 Å². The lowest BCUT2D eigenvalue weighted by atomic mass is 10.0. The third-order valence-corrected chi connectivity index (χ3v) is 3.55. The van der Waals surface area contributed by atoms with Crippen LogP contribution in [0, 0.1) is 0 Å². The molecule has 3 nitrogen and oxygen atoms in total. The summed E-state index contributed by atoms with van der Waals surface area (Å²) < 4.78 is 0. The molecule has 20 heavy (non-hydrogen) atoms. The van der Waals surface area contributed by atoms with Gasteiger partial charge in [-0.15, -0.1) is 0 Å². The molecule has 0 aliphatic rings. The van der Waals surface area contributed by atoms with Crippen LogP contribution in [0.4, 0.5) is 0 Å². The fourth-order valence-electron chi connectivity index (χ4n) is 2.41. The van der Waals surface area contributed by atoms with Crippen LogP contribution in [0.3, 0.4) is 0 Å². The Kier molecular flexibility index (Phi) is 13.0. The van der Waals surface area contributed by atoms with Crippen molar-refractivity contribution in [1.29, 1.82) is 0 Å². The number of hydrogen-bond acceptors (Lipinski definition) is 2. The van der Waals surface area contributed by atoms with E-state index in [0.29, 0.717) is 12.5 Å². The standard InChI is InChI=1S/C17H36N2O/c1-5-7-9-11-16(12-10-8-6-2)18-14-13-17(20)19-15(3)4/h15-16,18H,5-14H2,1-4H3,(H,19,20). The highest BCUT2D eigenvalue weighted by atomic mass is 16.1. The molecule has 0 saturated carbocycles. The third kappa shape index (κ3) is 12.5. The Morgan fingerprint density at radius 2 is 1.50 bits per heavy atom. The largest absolute Gasteiger partial charge is 0.354 e. The van der Waals surface area contributed by atoms with Gasteiger partial charge in [-0.25, -0.2) is 0 Å². The Bertz CT molecular complexity index is 219. The van der Waals surface area contributed by atoms with Crippen molar-refractivity contribution in [2.24, 2.45) is 0 Å². The average molecular weight is 284 g/mol. The van der Waals surface area contributed by atoms with Gasteiger partial charge in [0.1, 0.15) is 0 Å². The second-order valence-electron chi connectivity index (χ2n) is 6.11. The molecule has 0 aromatic rings. The molecule has 2 N–H and O–H groups in total. The van der Waals surface area contributed by atoms with Gasteiger partial charge in [-0.3, -0.25) is 4.79 Å². The normalized spacial score (nSPS) is 11.3. The first-order chi connectivity index (χ1) is 9.60. The fraction of sp³-hybridized carbons (Fsp3) is 0.941. The smallest absolute Gasteiger partial charge is 0.221 e. The second-order valence-corrected chi connectivity index (χ2v) is 6.11. The van der Waals surface area contributed by atoms with Crippen molar-refractivity contribution < 1.29 is 4.79 Å². The van der Waals surface area contributed by atoms with Gasteiger partial charge < -0.3 is 10.6 Å². The molecule has 0 heterocycles. The zero-order chi connectivity index (χ0) is 15.2. The lowest BCUT2D eigenvalue weighted by Gasteiger charge is -2.19. The molecule has 0 aromatic heterocycles. The van der Waals surface area contributed by atoms with Gasteiger partial charge in [0.15, 0.2) is 0 Å². The maximum Gasteiger partial charge on any atom is 0.221 e. The van der Waals surface area contributed by atoms with Crippen molar-refractivity contribution in [3.63, 3.8) is 0 Å². The van der Waals surface area contributed by atoms with Crippen LogP contribution in [-0.4, -0.2) is 24.5 Å². The van der Waals surface area contributed by atoms with Gasteiger partial charge >= 0.3 is 0 Å². The summed E-state index contributed by atoms with van der Waals surface area (Å²) in [5, 5.41) is 6.52. The quantitative estimate of drug-likeness (QED) is 0.502. The van der Waals surface area contributed by atoms with Crippen molar-refractivity contribution in [1.82, 2.24) is 10.6 Å². The second kappa shape index (κ2) is 13.4. The Morgan fingerprint density at radius 3 is 1.95 bits per heavy atom. The van der Waals surface area contributed by atoms with Gasteiger partial charge in [0.2, 0.25) is 5.91 Å². The van der Waals surface area contributed by atoms with E-state index in [-0.39, 0.29) is 11.9 Å². The molecule has 120 valence electrons. The summed E-state index contributed by atoms with van der Waals surface area (Å²) in [6, 6.07) is 0.840. The third-order valence-electron chi connectivity index (χ3n) is 3.55. The number of carbonyl (C=O) groups excluding carboxylic acids is 1. The van der Waals surface area contributed by atoms with Gasteiger partial charge in [-0.05, 0) is 26.7 Å². The lowest BCUT2D eigenvalue weighted by molar-refractivity contribution is -0.121. The molecule has 0 aromatic carbocycles. The maximum atomic E-state index is 11.6. The first-order valence-corrected chi connectivity index (χ1v) is 8.62. The zero-order valence-electron chi connectivity index (χ0n) is 14.1. The molecular weight excluding hydrogens is 248 g/mol. The van der Waals surface area contributed by atoms with Crippen LogP contribution in [0.5, 0.6) is 0 Å². The number of amides is 1. The Morgan fingerprint density at radius 1 is 0.950 bits per heavy atom. The van der Waals surface area contributed by atoms with Gasteiger partial charge in [0, 0.05) is 25.0 Å². The summed E-state index contributed by atoms with van der Waals surface area (Å²) in [5.41, 5.74) is 0. The maximum absolute atomic E-state index is 11.6. The van der Waals surface area contributed by atoms with E-state index in [1.165, 1.54) is 51.4 Å². The molecule has 3 heteroatoms. The van der Waals surface area contributed by atoms with E-state index in [1.54, 1.807) is 0 Å². The minimum absolute atomic E-state index is 0.161. The van der Waals surface area contributed by atoms with Gasteiger partial charge in [0.05, 0.1) is 0 Å². The van der Waals surface area contributed by atoms with Gasteiger partial charge in [0.25, 0.3) is 0 Å². The van der Waals surface area contributed by atoms with Crippen molar-refractivity contribution in [3.8, 4) is 0 Å². The monoisotopic (exact) mass is 284 g/mol. The number of unbranched alkanes of at least 4 members (excludes halogenated alkanes) is 4. The fourth-order valence-corrected chi connectivity index (χ4v) is 2.41. The van der Waals surface area contributed by atoms with Crippen LogP contribution in [0.15, 0.2) is 0 Å². The molecule has 0 unspecified atom stereocenters. The summed E-state index contributed by atoms with van der Waals surface area (Å²) in [7, 11) is 0. The minimum atomic E-state index is 0.161. The highest BCUT2D eigenvalue weighted by Crippen LogP contribution is 2.11. The van der Waals surface area contributed by atoms with E-state index in [4.69, 9.17) is 0 Å². The van der Waals surface area contributed by atoms with Crippen LogP contribution in [0.1, 0.15) is 85.5 Å². The molecule has 0 aliphatic heterocycles. The molecule has 1 amide bonds. The average Bonchev–Trinajstić information content (AvgIpc) is 2.37. The van der Waals surface area contributed by atoms with Gasteiger partial charge in [-0.1, -0.05) is 52.4 Å². The summed E-state index contributed by atoms with van der Waals surface area (Å²) in [6.07, 6.45) is 10.9. The molecule has 0 aliphatic carbocycles. The van der Waals surface area contributed by atoms with E-state index >= 15 is 0 Å². The summed E-state index contributed by atoms with van der Waals surface area (Å²) >= 11 is 0. The van der Waals surface area contributed by atoms with E-state index < -0.39 is 0 Å². The van der Waals surface area contributed by atoms with Crippen LogP contribution >= 0.6 is 0 Å². The Balaban J connectivity index is 3.85. The van der Waals surface area contributed by atoms with Crippen LogP contribution in [0.25, 0.3) is 0 Å². The molecule has 0 bridgehead atoms. The van der Waals surface area contributed by atoms with Crippen molar-refractivity contribution in [2.45, 2.75) is 97.6 Å². The Labute approximate surface area is 126 Å². The summed E-state index contributed by atoms with van der Waals surface area (Å²) in [6.45, 7) is 9.31. The highest BCUT2D eigenvalue weighted by molar-refractivity contribution is 5.76. The van der Waals surface area contributed by atoms with Crippen molar-refractivity contribution in [3.05, 3.63) is 0 Å². The first-order valence-electron chi connectivity index (χ1n) is 8.62. The number of carbonyl (C=O) groups is 1. The molecule has 0 radical (unpaired) electrons. The summed E-state index contributed by atoms with van der Waals surface area (Å²) in [4.78, 5) is 11.6. The predicted molar refractivity (Wildman–Crippen MR) is 88.0 cm³/mol. The molecule has 0 spiro atoms. The Hall–Kier alpha value is -0.570. The SMILES string of the molecule is CCCCCC(CCCCC)NCCC(=O)NC(C)C. The van der Waals surface area contributed by atoms with Crippen LogP contribution in [-0.2, 0) is 4.79 Å². The van der Waals surface area contributed by atoms with Crippen molar-refractivity contribution >= 4 is 5.91 Å². The lowest BCUT2D eigenvalue weighted by Crippen LogP contribution is -2.35. The number of hydrogen-bond donors (Lipinski definition) is 2. The zero-order valence-corrected chi connectivity index (χ0v) is 14.1. The van der Waals surface area contributed by atoms with Crippen molar-refractivity contribution in [2.75, 3.05) is 6.54 Å². The predicted octanol–water partition coefficient (Wildman–Crippen LogP) is 4.02. The van der Waals surface area contributed by atoms with Crippen LogP contribution < -0.4 is 10.6 Å². The van der Waals surface area contributed by atoms with E-state index in [0.717, 1.165) is 6.54 Å². The molecule has 0 fully saturated rings. The van der Waals surface area contributed by atoms with E-state index in [9.17, 15) is 4.79 Å². The topological polar surface area (TPSA) is 41.1 Å². The molecule has 0 saturated heterocycles. The van der Waals surface area contributed by atoms with E-state index in [2.05, 4.69) is 24.5 Å². The van der Waals surface area contributed by atoms with E-state index in [1.807, 2.05) is 13.8 Å². The van der Waals surface area contributed by atoms with Gasteiger partial charge in [-0.2, -0.15) is 0 Å². The number of rotatable bonds is 13. The summed E-state index contributed by atoms with van der Waals surface area (Å²) in [5.74, 6) is 0.161. The minimum Gasteiger partial charge on any atom is -0.354 e. The first kappa shape index (κ1) is 19.4. The highest BCUT2D eigenvalue weighted by Gasteiger charge is 2.09. The molecule has 0 rings (SSSR count). The molecular formula is C17H36N2O.